The standard InChI is InChI=1S/C87H148O16P2/c1-4-7-10-13-16-19-22-25-27-29-31-33-35-36-37-38-39-40-41-42-43-44-46-48-49-51-53-56-58-61-64-67-70-73-85(90)97-76-82(88)77-99-104(93,94)100-78-83(89)79-101-105(95,96)102-81-84(103-87(92)75-72-69-66-63-60-55-24-21-18-15-12-9-6-3)80-98-86(91)74-71-68-65-62-59-57-54-52-50-47-45-34-32-30-28-26-23-20-17-14-11-8-5-2/h7-8,10-12,15-17,19-21,24-28,31-34,36-37,47,50,82-84,88-89H,4-6,9,13-14,18,22-23,29-30,35,38-46,48-49,51-81H2,1-3H3,(H,93,94)(H,95,96)/b10-7-,11-8-,15-12-,19-16-,20-17-,24-21-,27-25-,28-26-,33-31-,34-32-,37-36-,50-47-. The zero-order valence-corrected chi connectivity index (χ0v) is 67.6. The SMILES string of the molecule is CC/C=C\C/C=C\C/C=C\C/C=C\C/C=C\CCCCCCCCCCCCCCCCCCCC(=O)OCC(O)COP(=O)(O)OCC(O)COP(=O)(O)OCC(COC(=O)CCCCCCCCC/C=C\C/C=C\C/C=C\C/C=C\C/C=C\CC)OC(=O)CCCCCCC/C=C\C/C=C\CCC. The predicted octanol–water partition coefficient (Wildman–Crippen LogP) is 24.4. The van der Waals surface area contributed by atoms with Crippen LogP contribution in [-0.4, -0.2) is 95.9 Å². The van der Waals surface area contributed by atoms with Crippen LogP contribution >= 0.6 is 15.6 Å². The highest BCUT2D eigenvalue weighted by molar-refractivity contribution is 7.47. The molecule has 0 bridgehead atoms. The maximum absolute atomic E-state index is 12.9. The summed E-state index contributed by atoms with van der Waals surface area (Å²) in [5, 5.41) is 20.7. The fraction of sp³-hybridized carbons (Fsp3) is 0.690. The number of aliphatic hydroxyl groups is 2. The van der Waals surface area contributed by atoms with Crippen molar-refractivity contribution in [2.75, 3.05) is 39.6 Å². The summed E-state index contributed by atoms with van der Waals surface area (Å²) in [6, 6.07) is 0. The van der Waals surface area contributed by atoms with Gasteiger partial charge in [0.25, 0.3) is 0 Å². The fourth-order valence-corrected chi connectivity index (χ4v) is 12.4. The molecule has 0 fully saturated rings. The van der Waals surface area contributed by atoms with Gasteiger partial charge in [0.15, 0.2) is 6.10 Å². The summed E-state index contributed by atoms with van der Waals surface area (Å²) in [6.07, 6.45) is 97.7. The maximum atomic E-state index is 12.9. The van der Waals surface area contributed by atoms with Crippen molar-refractivity contribution in [2.24, 2.45) is 0 Å². The zero-order valence-electron chi connectivity index (χ0n) is 65.9. The molecule has 0 aliphatic heterocycles. The Morgan fingerprint density at radius 3 is 0.800 bits per heavy atom. The van der Waals surface area contributed by atoms with Gasteiger partial charge in [0.1, 0.15) is 25.4 Å². The lowest BCUT2D eigenvalue weighted by Crippen LogP contribution is -2.30. The monoisotopic (exact) mass is 1510 g/mol. The summed E-state index contributed by atoms with van der Waals surface area (Å²) in [5.41, 5.74) is 0. The van der Waals surface area contributed by atoms with Crippen molar-refractivity contribution in [1.82, 2.24) is 0 Å². The van der Waals surface area contributed by atoms with Gasteiger partial charge in [-0.15, -0.1) is 0 Å². The molecule has 0 radical (unpaired) electrons. The molecule has 0 rings (SSSR count). The van der Waals surface area contributed by atoms with Gasteiger partial charge in [-0.2, -0.15) is 0 Å². The van der Waals surface area contributed by atoms with Crippen molar-refractivity contribution in [3.63, 3.8) is 0 Å². The summed E-state index contributed by atoms with van der Waals surface area (Å²) >= 11 is 0. The molecule has 18 heteroatoms. The Balaban J connectivity index is 4.43. The second kappa shape index (κ2) is 79.0. The third-order valence-electron chi connectivity index (χ3n) is 17.0. The van der Waals surface area contributed by atoms with E-state index in [9.17, 15) is 43.5 Å². The van der Waals surface area contributed by atoms with Crippen molar-refractivity contribution in [2.45, 2.75) is 347 Å². The van der Waals surface area contributed by atoms with Crippen LogP contribution in [-0.2, 0) is 55.8 Å². The summed E-state index contributed by atoms with van der Waals surface area (Å²) in [5.74, 6) is -1.60. The highest BCUT2D eigenvalue weighted by Gasteiger charge is 2.29. The molecule has 0 saturated heterocycles. The number of carbonyl (C=O) groups is 3. The van der Waals surface area contributed by atoms with Gasteiger partial charge in [-0.05, 0) is 135 Å². The average Bonchev–Trinajstić information content (AvgIpc) is 1.00. The molecule has 16 nitrogen and oxygen atoms in total. The normalized spacial score (nSPS) is 14.7. The molecule has 5 unspecified atom stereocenters. The van der Waals surface area contributed by atoms with Gasteiger partial charge in [0.2, 0.25) is 0 Å². The minimum absolute atomic E-state index is 0.0828. The number of carbonyl (C=O) groups excluding carboxylic acids is 3. The quantitative estimate of drug-likeness (QED) is 0.0146. The molecular weight excluding hydrogens is 1360 g/mol. The number of aliphatic hydroxyl groups excluding tert-OH is 2. The molecule has 0 aliphatic rings. The Morgan fingerprint density at radius 2 is 0.505 bits per heavy atom. The molecule has 0 aliphatic carbocycles. The second-order valence-corrected chi connectivity index (χ2v) is 30.1. The first-order chi connectivity index (χ1) is 51.2. The molecule has 0 aromatic heterocycles. The zero-order chi connectivity index (χ0) is 76.6. The first-order valence-corrected chi connectivity index (χ1v) is 44.1. The number of esters is 3. The Kier molecular flexibility index (Phi) is 75.6. The van der Waals surface area contributed by atoms with Gasteiger partial charge in [-0.25, -0.2) is 9.13 Å². The van der Waals surface area contributed by atoms with E-state index in [1.165, 1.54) is 89.9 Å². The van der Waals surface area contributed by atoms with E-state index in [1.807, 2.05) is 0 Å². The van der Waals surface area contributed by atoms with E-state index >= 15 is 0 Å². The van der Waals surface area contributed by atoms with Gasteiger partial charge in [-0.1, -0.05) is 321 Å². The third-order valence-corrected chi connectivity index (χ3v) is 18.9. The average molecular weight is 1510 g/mol. The van der Waals surface area contributed by atoms with E-state index in [1.54, 1.807) is 0 Å². The summed E-state index contributed by atoms with van der Waals surface area (Å²) in [4.78, 5) is 58.6. The minimum atomic E-state index is -4.94. The van der Waals surface area contributed by atoms with Gasteiger partial charge in [0, 0.05) is 19.3 Å². The molecule has 602 valence electrons. The summed E-state index contributed by atoms with van der Waals surface area (Å²) in [7, 11) is -9.80. The van der Waals surface area contributed by atoms with Crippen LogP contribution in [0.5, 0.6) is 0 Å². The van der Waals surface area contributed by atoms with Crippen LogP contribution in [0.1, 0.15) is 329 Å². The van der Waals surface area contributed by atoms with Crippen molar-refractivity contribution in [3.8, 4) is 0 Å². The first kappa shape index (κ1) is 100. The molecule has 0 aromatic rings. The molecule has 0 saturated carbocycles. The maximum Gasteiger partial charge on any atom is 0.472 e. The molecule has 0 amide bonds. The molecule has 0 heterocycles. The van der Waals surface area contributed by atoms with Crippen LogP contribution in [0.3, 0.4) is 0 Å². The number of phosphoric ester groups is 2. The predicted molar refractivity (Wildman–Crippen MR) is 436 cm³/mol. The van der Waals surface area contributed by atoms with Crippen LogP contribution in [0.4, 0.5) is 0 Å². The lowest BCUT2D eigenvalue weighted by molar-refractivity contribution is -0.161. The van der Waals surface area contributed by atoms with E-state index in [0.717, 1.165) is 180 Å². The van der Waals surface area contributed by atoms with Gasteiger partial charge in [-0.3, -0.25) is 32.5 Å². The summed E-state index contributed by atoms with van der Waals surface area (Å²) < 4.78 is 61.1. The number of rotatable bonds is 77. The Morgan fingerprint density at radius 1 is 0.276 bits per heavy atom. The third kappa shape index (κ3) is 80.3. The Hall–Kier alpha value is -4.57. The molecule has 0 aromatic carbocycles. The van der Waals surface area contributed by atoms with Crippen LogP contribution in [0.2, 0.25) is 0 Å². The van der Waals surface area contributed by atoms with Crippen molar-refractivity contribution < 1.29 is 75.8 Å². The summed E-state index contributed by atoms with van der Waals surface area (Å²) in [6.45, 7) is 2.37. The van der Waals surface area contributed by atoms with Crippen LogP contribution in [0, 0.1) is 0 Å². The van der Waals surface area contributed by atoms with Crippen LogP contribution in [0.15, 0.2) is 146 Å². The Labute approximate surface area is 638 Å². The van der Waals surface area contributed by atoms with E-state index in [2.05, 4.69) is 167 Å². The number of phosphoric acid groups is 2. The van der Waals surface area contributed by atoms with Gasteiger partial charge in [0.05, 0.1) is 26.4 Å². The molecule has 5 atom stereocenters. The van der Waals surface area contributed by atoms with Crippen LogP contribution < -0.4 is 0 Å². The number of unbranched alkanes of at least 4 members (excludes halogenated alkanes) is 30. The highest BCUT2D eigenvalue weighted by Crippen LogP contribution is 2.45. The van der Waals surface area contributed by atoms with Gasteiger partial charge >= 0.3 is 33.6 Å². The number of hydrogen-bond acceptors (Lipinski definition) is 14. The van der Waals surface area contributed by atoms with E-state index in [4.69, 9.17) is 32.3 Å². The molecular formula is C87H148O16P2. The lowest BCUT2D eigenvalue weighted by Gasteiger charge is -2.21. The molecule has 4 N–H and O–H groups in total. The highest BCUT2D eigenvalue weighted by atomic mass is 31.2. The first-order valence-electron chi connectivity index (χ1n) is 41.1. The smallest absolute Gasteiger partial charge is 0.463 e. The lowest BCUT2D eigenvalue weighted by atomic mass is 10.0. The largest absolute Gasteiger partial charge is 0.472 e. The van der Waals surface area contributed by atoms with Crippen molar-refractivity contribution in [1.29, 1.82) is 0 Å². The number of hydrogen-bond donors (Lipinski definition) is 4. The fourth-order valence-electron chi connectivity index (χ4n) is 10.8. The van der Waals surface area contributed by atoms with Gasteiger partial charge < -0.3 is 34.2 Å². The van der Waals surface area contributed by atoms with Crippen LogP contribution in [0.25, 0.3) is 0 Å². The van der Waals surface area contributed by atoms with E-state index in [0.29, 0.717) is 19.3 Å². The number of allylic oxidation sites excluding steroid dienone is 24. The minimum Gasteiger partial charge on any atom is -0.463 e. The number of ether oxygens (including phenoxy) is 3. The van der Waals surface area contributed by atoms with Crippen molar-refractivity contribution in [3.05, 3.63) is 146 Å². The second-order valence-electron chi connectivity index (χ2n) is 27.2. The molecule has 0 spiro atoms. The van der Waals surface area contributed by atoms with E-state index < -0.39 is 91.5 Å². The van der Waals surface area contributed by atoms with E-state index in [-0.39, 0.29) is 19.3 Å². The Bertz CT molecular complexity index is 2490. The van der Waals surface area contributed by atoms with Crippen molar-refractivity contribution >= 4 is 33.6 Å². The molecule has 105 heavy (non-hydrogen) atoms. The topological polar surface area (TPSA) is 231 Å².